The molecule has 2 heterocycles. The number of hydrogen-bond donors (Lipinski definition) is 0. The first kappa shape index (κ1) is 52.4. The van der Waals surface area contributed by atoms with Gasteiger partial charge in [-0.15, -0.1) is 0 Å². The van der Waals surface area contributed by atoms with Gasteiger partial charge in [-0.05, 0) is 210 Å². The summed E-state index contributed by atoms with van der Waals surface area (Å²) in [6.45, 7) is 9.31. The highest BCUT2D eigenvalue weighted by Gasteiger charge is 2.31. The van der Waals surface area contributed by atoms with E-state index in [-0.39, 0.29) is 0 Å². The lowest BCUT2D eigenvalue weighted by atomic mass is 9.85. The summed E-state index contributed by atoms with van der Waals surface area (Å²) in [4.78, 5) is 5.48. The van der Waals surface area contributed by atoms with Crippen molar-refractivity contribution in [3.8, 4) is 11.4 Å². The van der Waals surface area contributed by atoms with Crippen molar-refractivity contribution < 1.29 is 0 Å². The summed E-state index contributed by atoms with van der Waals surface area (Å²) in [5.41, 5.74) is 26.4. The molecule has 12 aromatic carbocycles. The van der Waals surface area contributed by atoms with Gasteiger partial charge in [-0.3, -0.25) is 0 Å². The zero-order valence-electron chi connectivity index (χ0n) is 50.3. The van der Waals surface area contributed by atoms with Crippen LogP contribution in [0.15, 0.2) is 206 Å². The summed E-state index contributed by atoms with van der Waals surface area (Å²) in [6.07, 6.45) is 15.1. The summed E-state index contributed by atoms with van der Waals surface area (Å²) in [7, 11) is 0. The lowest BCUT2D eigenvalue weighted by Gasteiger charge is -2.34. The molecule has 0 saturated carbocycles. The van der Waals surface area contributed by atoms with Crippen LogP contribution in [0.3, 0.4) is 0 Å². The lowest BCUT2D eigenvalue weighted by Crippen LogP contribution is -2.17. The van der Waals surface area contributed by atoms with Gasteiger partial charge in [0.1, 0.15) is 0 Å². The third kappa shape index (κ3) is 8.08. The highest BCUT2D eigenvalue weighted by molar-refractivity contribution is 6.30. The topological polar surface area (TPSA) is 16.3 Å². The van der Waals surface area contributed by atoms with Crippen LogP contribution in [0.4, 0.5) is 34.1 Å². The molecule has 0 atom stereocenters. The summed E-state index contributed by atoms with van der Waals surface area (Å²) in [5, 5.41) is 13.2. The van der Waals surface area contributed by atoms with Gasteiger partial charge in [0.2, 0.25) is 0 Å². The summed E-state index contributed by atoms with van der Waals surface area (Å²) in [5.74, 6) is 0. The van der Waals surface area contributed by atoms with Crippen molar-refractivity contribution in [3.63, 3.8) is 0 Å². The van der Waals surface area contributed by atoms with Crippen LogP contribution in [0, 0.1) is 0 Å². The van der Waals surface area contributed by atoms with Crippen LogP contribution >= 0.6 is 0 Å². The molecule has 422 valence electrons. The first-order valence-electron chi connectivity index (χ1n) is 32.4. The standard InChI is InChI=1S/C82H74N4/c1-5-25-57-51-77(84(70-42-21-31-55-29-9-13-33-59(55)70)75-45-24-44-74-81(75)65-36-16-20-41-73(65)83(74)68-38-17-11-27-53(68)7-3)66-49-47-62-58(26-6-2)52-78(67-50-48-61(57)79(66)80(62)67)85(71-43-22-32-56-30-10-14-34-60(56)71)76-46-23-37-64-63-35-15-19-40-72(63)86(82(64)76)69-39-18-12-28-54(69)8-4/h11-12,15-24,27-28,31-32,35-52H,5-10,13-14,25-26,29-30,33-34H2,1-4H3. The van der Waals surface area contributed by atoms with Crippen LogP contribution in [-0.4, -0.2) is 9.13 Å². The normalized spacial score (nSPS) is 13.5. The number of anilines is 6. The Bertz CT molecular complexity index is 4970. The van der Waals surface area contributed by atoms with E-state index in [0.717, 1.165) is 64.2 Å². The Balaban J connectivity index is 1.04. The largest absolute Gasteiger partial charge is 0.309 e. The predicted molar refractivity (Wildman–Crippen MR) is 368 cm³/mol. The molecular weight excluding hydrogens is 1040 g/mol. The number of para-hydroxylation sites is 5. The molecule has 0 saturated heterocycles. The second-order valence-electron chi connectivity index (χ2n) is 24.6. The van der Waals surface area contributed by atoms with Crippen LogP contribution in [0.1, 0.15) is 111 Å². The molecule has 0 N–H and O–H groups in total. The van der Waals surface area contributed by atoms with Gasteiger partial charge in [-0.2, -0.15) is 0 Å². The van der Waals surface area contributed by atoms with Gasteiger partial charge in [0.25, 0.3) is 0 Å². The minimum atomic E-state index is 0.940. The Labute approximate surface area is 505 Å². The minimum Gasteiger partial charge on any atom is -0.309 e. The molecule has 2 aliphatic carbocycles. The van der Waals surface area contributed by atoms with E-state index in [0.29, 0.717) is 0 Å². The molecule has 4 nitrogen and oxygen atoms in total. The number of rotatable bonds is 14. The molecule has 86 heavy (non-hydrogen) atoms. The molecule has 2 aromatic heterocycles. The van der Waals surface area contributed by atoms with Crippen molar-refractivity contribution in [1.82, 2.24) is 9.13 Å². The van der Waals surface area contributed by atoms with Gasteiger partial charge in [0.05, 0.1) is 44.8 Å². The molecule has 4 heteroatoms. The van der Waals surface area contributed by atoms with Gasteiger partial charge >= 0.3 is 0 Å². The van der Waals surface area contributed by atoms with E-state index in [2.05, 4.69) is 253 Å². The maximum Gasteiger partial charge on any atom is 0.0782 e. The average molecular weight is 1120 g/mol. The maximum atomic E-state index is 2.74. The zero-order chi connectivity index (χ0) is 57.6. The Hall–Kier alpha value is -9.12. The van der Waals surface area contributed by atoms with Crippen molar-refractivity contribution in [2.45, 2.75) is 118 Å². The van der Waals surface area contributed by atoms with E-state index in [1.165, 1.54) is 192 Å². The quantitative estimate of drug-likeness (QED) is 0.101. The molecule has 0 bridgehead atoms. The van der Waals surface area contributed by atoms with Crippen molar-refractivity contribution in [1.29, 1.82) is 0 Å². The van der Waals surface area contributed by atoms with Crippen molar-refractivity contribution in [2.24, 2.45) is 0 Å². The first-order chi connectivity index (χ1) is 42.6. The Morgan fingerprint density at radius 3 is 1.35 bits per heavy atom. The fourth-order valence-corrected chi connectivity index (χ4v) is 16.1. The van der Waals surface area contributed by atoms with Crippen LogP contribution in [0.25, 0.3) is 87.3 Å². The van der Waals surface area contributed by atoms with Gasteiger partial charge in [-0.1, -0.05) is 180 Å². The highest BCUT2D eigenvalue weighted by Crippen LogP contribution is 2.54. The molecule has 14 aromatic rings. The number of aryl methyl sites for hydroxylation is 6. The van der Waals surface area contributed by atoms with E-state index in [4.69, 9.17) is 0 Å². The van der Waals surface area contributed by atoms with Gasteiger partial charge in [-0.25, -0.2) is 0 Å². The van der Waals surface area contributed by atoms with Crippen LogP contribution in [0.5, 0.6) is 0 Å². The van der Waals surface area contributed by atoms with E-state index < -0.39 is 0 Å². The molecule has 0 fully saturated rings. The fourth-order valence-electron chi connectivity index (χ4n) is 16.1. The van der Waals surface area contributed by atoms with E-state index >= 15 is 0 Å². The third-order valence-electron chi connectivity index (χ3n) is 19.8. The second-order valence-corrected chi connectivity index (χ2v) is 24.6. The predicted octanol–water partition coefficient (Wildman–Crippen LogP) is 22.5. The highest BCUT2D eigenvalue weighted by atomic mass is 15.2. The smallest absolute Gasteiger partial charge is 0.0782 e. The van der Waals surface area contributed by atoms with E-state index in [9.17, 15) is 0 Å². The number of benzene rings is 12. The van der Waals surface area contributed by atoms with Gasteiger partial charge in [0, 0.05) is 55.1 Å². The minimum absolute atomic E-state index is 0.940. The summed E-state index contributed by atoms with van der Waals surface area (Å²) >= 11 is 0. The van der Waals surface area contributed by atoms with E-state index in [1.807, 2.05) is 0 Å². The lowest BCUT2D eigenvalue weighted by molar-refractivity contribution is 0.686. The van der Waals surface area contributed by atoms with Crippen LogP contribution < -0.4 is 9.80 Å². The molecule has 0 spiro atoms. The maximum absolute atomic E-state index is 2.74. The SMILES string of the molecule is CCCc1cc(N(c2cccc3c2CCCC3)c2cccc3c2c2ccccc2n3-c2ccccc2CC)c2ccc3c(CCC)cc(N(c4cccc5c4CCCC5)c4cccc5c6ccccc6n(-c6ccccc6CC)c45)c4ccc1c2c34. The third-order valence-corrected chi connectivity index (χ3v) is 19.8. The summed E-state index contributed by atoms with van der Waals surface area (Å²) in [6, 6.07) is 80.3. The zero-order valence-corrected chi connectivity index (χ0v) is 50.3. The second kappa shape index (κ2) is 21.4. The Morgan fingerprint density at radius 2 is 0.756 bits per heavy atom. The van der Waals surface area contributed by atoms with Crippen molar-refractivity contribution in [3.05, 3.63) is 251 Å². The average Bonchev–Trinajstić information content (AvgIpc) is 1.06. The molecular formula is C82H74N4. The molecule has 16 rings (SSSR count). The number of fused-ring (bicyclic) bond motifs is 8. The first-order valence-corrected chi connectivity index (χ1v) is 32.4. The van der Waals surface area contributed by atoms with Crippen LogP contribution in [-0.2, 0) is 51.4 Å². The number of hydrogen-bond acceptors (Lipinski definition) is 2. The summed E-state index contributed by atoms with van der Waals surface area (Å²) < 4.78 is 5.15. The number of nitrogens with zero attached hydrogens (tertiary/aromatic N) is 4. The molecule has 2 aliphatic rings. The fraction of sp³-hybridized carbons (Fsp3) is 0.220. The van der Waals surface area contributed by atoms with E-state index in [1.54, 1.807) is 0 Å². The van der Waals surface area contributed by atoms with Crippen LogP contribution in [0.2, 0.25) is 0 Å². The van der Waals surface area contributed by atoms with Crippen molar-refractivity contribution >= 4 is 110 Å². The Kier molecular flexibility index (Phi) is 13.1. The molecule has 0 amide bonds. The number of aromatic nitrogens is 2. The monoisotopic (exact) mass is 1110 g/mol. The van der Waals surface area contributed by atoms with Gasteiger partial charge in [0.15, 0.2) is 0 Å². The van der Waals surface area contributed by atoms with Crippen molar-refractivity contribution in [2.75, 3.05) is 9.80 Å². The Morgan fingerprint density at radius 1 is 0.314 bits per heavy atom. The molecule has 0 unspecified atom stereocenters. The van der Waals surface area contributed by atoms with Gasteiger partial charge < -0.3 is 18.9 Å². The molecule has 0 radical (unpaired) electrons. The molecule has 0 aliphatic heterocycles.